The van der Waals surface area contributed by atoms with Crippen LogP contribution < -0.4 is 14.8 Å². The van der Waals surface area contributed by atoms with E-state index in [0.29, 0.717) is 11.4 Å². The van der Waals surface area contributed by atoms with E-state index in [0.717, 1.165) is 16.9 Å². The number of rotatable bonds is 6. The summed E-state index contributed by atoms with van der Waals surface area (Å²) in [5.74, 6) is 0.945. The van der Waals surface area contributed by atoms with Gasteiger partial charge in [0.05, 0.1) is 13.2 Å². The maximum atomic E-state index is 12.4. The minimum atomic E-state index is -0.470. The first-order chi connectivity index (χ1) is 12.4. The van der Waals surface area contributed by atoms with Crippen LogP contribution in [0.5, 0.6) is 11.5 Å². The molecule has 2 aromatic rings. The molecule has 0 aliphatic heterocycles. The lowest BCUT2D eigenvalue weighted by molar-refractivity contribution is -0.112. The van der Waals surface area contributed by atoms with Gasteiger partial charge in [0.15, 0.2) is 0 Å². The summed E-state index contributed by atoms with van der Waals surface area (Å²) in [6.07, 6.45) is 1.59. The first kappa shape index (κ1) is 19.1. The van der Waals surface area contributed by atoms with E-state index < -0.39 is 5.91 Å². The van der Waals surface area contributed by atoms with Gasteiger partial charge in [-0.25, -0.2) is 0 Å². The number of benzene rings is 2. The molecule has 0 aliphatic rings. The third kappa shape index (κ3) is 5.12. The Kier molecular flexibility index (Phi) is 6.40. The van der Waals surface area contributed by atoms with Gasteiger partial charge in [-0.1, -0.05) is 12.1 Å². The summed E-state index contributed by atoms with van der Waals surface area (Å²) in [5.41, 5.74) is 2.27. The van der Waals surface area contributed by atoms with Crippen molar-refractivity contribution in [2.45, 2.75) is 26.9 Å². The van der Waals surface area contributed by atoms with Crippen molar-refractivity contribution in [1.29, 1.82) is 5.26 Å². The molecule has 26 heavy (non-hydrogen) atoms. The van der Waals surface area contributed by atoms with E-state index in [1.54, 1.807) is 43.5 Å². The monoisotopic (exact) mass is 350 g/mol. The number of amides is 1. The third-order valence-electron chi connectivity index (χ3n) is 3.56. The van der Waals surface area contributed by atoms with Crippen LogP contribution in [0.1, 0.15) is 25.0 Å². The van der Waals surface area contributed by atoms with Gasteiger partial charge in [0.1, 0.15) is 23.1 Å². The maximum Gasteiger partial charge on any atom is 0.266 e. The Morgan fingerprint density at radius 1 is 1.23 bits per heavy atom. The SMILES string of the molecule is COc1ccc(/C=C(/C#N)C(=O)Nc2cccc(OC(C)C)c2)cc1C. The largest absolute Gasteiger partial charge is 0.496 e. The van der Waals surface area contributed by atoms with Crippen LogP contribution in [-0.4, -0.2) is 19.1 Å². The number of nitriles is 1. The zero-order chi connectivity index (χ0) is 19.1. The molecule has 0 aliphatic carbocycles. The van der Waals surface area contributed by atoms with Crippen molar-refractivity contribution in [3.8, 4) is 17.6 Å². The van der Waals surface area contributed by atoms with E-state index >= 15 is 0 Å². The molecule has 2 aromatic carbocycles. The fraction of sp³-hybridized carbons (Fsp3) is 0.238. The van der Waals surface area contributed by atoms with E-state index in [9.17, 15) is 10.1 Å². The van der Waals surface area contributed by atoms with Crippen molar-refractivity contribution in [3.63, 3.8) is 0 Å². The lowest BCUT2D eigenvalue weighted by Gasteiger charge is -2.11. The van der Waals surface area contributed by atoms with Gasteiger partial charge < -0.3 is 14.8 Å². The van der Waals surface area contributed by atoms with Crippen molar-refractivity contribution < 1.29 is 14.3 Å². The van der Waals surface area contributed by atoms with Gasteiger partial charge >= 0.3 is 0 Å². The maximum absolute atomic E-state index is 12.4. The molecule has 2 rings (SSSR count). The molecule has 1 amide bonds. The summed E-state index contributed by atoms with van der Waals surface area (Å²) < 4.78 is 10.8. The lowest BCUT2D eigenvalue weighted by atomic mass is 10.1. The van der Waals surface area contributed by atoms with Crippen LogP contribution in [0.25, 0.3) is 6.08 Å². The topological polar surface area (TPSA) is 71.3 Å². The summed E-state index contributed by atoms with van der Waals surface area (Å²) in [6.45, 7) is 5.76. The second-order valence-electron chi connectivity index (χ2n) is 6.05. The van der Waals surface area contributed by atoms with Crippen LogP contribution in [0.3, 0.4) is 0 Å². The molecule has 0 atom stereocenters. The summed E-state index contributed by atoms with van der Waals surface area (Å²) in [6, 6.07) is 14.5. The van der Waals surface area contributed by atoms with Gasteiger partial charge in [0, 0.05) is 11.8 Å². The number of carbonyl (C=O) groups is 1. The summed E-state index contributed by atoms with van der Waals surface area (Å²) in [4.78, 5) is 12.4. The lowest BCUT2D eigenvalue weighted by Crippen LogP contribution is -2.13. The van der Waals surface area contributed by atoms with Crippen LogP contribution in [0.15, 0.2) is 48.0 Å². The molecule has 0 saturated carbocycles. The van der Waals surface area contributed by atoms with Crippen LogP contribution >= 0.6 is 0 Å². The normalized spacial score (nSPS) is 11.0. The van der Waals surface area contributed by atoms with E-state index in [1.807, 2.05) is 39.0 Å². The van der Waals surface area contributed by atoms with Gasteiger partial charge in [0.25, 0.3) is 5.91 Å². The highest BCUT2D eigenvalue weighted by Gasteiger charge is 2.11. The van der Waals surface area contributed by atoms with E-state index in [-0.39, 0.29) is 11.7 Å². The molecule has 134 valence electrons. The number of methoxy groups -OCH3 is 1. The Bertz CT molecular complexity index is 864. The van der Waals surface area contributed by atoms with Crippen molar-refractivity contribution in [1.82, 2.24) is 0 Å². The number of hydrogen-bond acceptors (Lipinski definition) is 4. The average Bonchev–Trinajstić information content (AvgIpc) is 2.59. The van der Waals surface area contributed by atoms with Crippen molar-refractivity contribution in [3.05, 3.63) is 59.2 Å². The number of aryl methyl sites for hydroxylation is 1. The molecule has 0 heterocycles. The molecule has 0 aromatic heterocycles. The summed E-state index contributed by atoms with van der Waals surface area (Å²) >= 11 is 0. The molecular weight excluding hydrogens is 328 g/mol. The smallest absolute Gasteiger partial charge is 0.266 e. The molecule has 5 nitrogen and oxygen atoms in total. The first-order valence-corrected chi connectivity index (χ1v) is 8.27. The highest BCUT2D eigenvalue weighted by molar-refractivity contribution is 6.09. The Hall–Kier alpha value is -3.26. The van der Waals surface area contributed by atoms with E-state index in [1.165, 1.54) is 0 Å². The number of ether oxygens (including phenoxy) is 2. The molecule has 5 heteroatoms. The Morgan fingerprint density at radius 3 is 2.62 bits per heavy atom. The molecule has 0 radical (unpaired) electrons. The molecular formula is C21H22N2O3. The van der Waals surface area contributed by atoms with Crippen LogP contribution in [-0.2, 0) is 4.79 Å². The fourth-order valence-electron chi connectivity index (χ4n) is 2.42. The predicted octanol–water partition coefficient (Wildman–Crippen LogP) is 4.34. The van der Waals surface area contributed by atoms with Crippen LogP contribution in [0, 0.1) is 18.3 Å². The van der Waals surface area contributed by atoms with Gasteiger partial charge in [0.2, 0.25) is 0 Å². The minimum absolute atomic E-state index is 0.0183. The zero-order valence-electron chi connectivity index (χ0n) is 15.4. The molecule has 1 N–H and O–H groups in total. The Labute approximate surface area is 153 Å². The first-order valence-electron chi connectivity index (χ1n) is 8.27. The van der Waals surface area contributed by atoms with E-state index in [2.05, 4.69) is 5.32 Å². The highest BCUT2D eigenvalue weighted by Crippen LogP contribution is 2.21. The Morgan fingerprint density at radius 2 is 2.00 bits per heavy atom. The highest BCUT2D eigenvalue weighted by atomic mass is 16.5. The standard InChI is InChI=1S/C21H22N2O3/c1-14(2)26-19-7-5-6-18(12-19)23-21(24)17(13-22)11-16-8-9-20(25-4)15(3)10-16/h5-12,14H,1-4H3,(H,23,24)/b17-11-. The quantitative estimate of drug-likeness (QED) is 0.621. The predicted molar refractivity (Wildman–Crippen MR) is 102 cm³/mol. The summed E-state index contributed by atoms with van der Waals surface area (Å²) in [5, 5.41) is 12.1. The molecule has 0 fully saturated rings. The Balaban J connectivity index is 2.19. The minimum Gasteiger partial charge on any atom is -0.496 e. The van der Waals surface area contributed by atoms with Crippen molar-refractivity contribution in [2.75, 3.05) is 12.4 Å². The van der Waals surface area contributed by atoms with Gasteiger partial charge in [-0.05, 0) is 62.2 Å². The summed E-state index contributed by atoms with van der Waals surface area (Å²) in [7, 11) is 1.60. The molecule has 0 unspecified atom stereocenters. The molecule has 0 bridgehead atoms. The van der Waals surface area contributed by atoms with Crippen molar-refractivity contribution in [2.24, 2.45) is 0 Å². The van der Waals surface area contributed by atoms with Crippen LogP contribution in [0.4, 0.5) is 5.69 Å². The number of anilines is 1. The second kappa shape index (κ2) is 8.72. The third-order valence-corrected chi connectivity index (χ3v) is 3.56. The molecule has 0 spiro atoms. The number of nitrogens with zero attached hydrogens (tertiary/aromatic N) is 1. The van der Waals surface area contributed by atoms with E-state index in [4.69, 9.17) is 9.47 Å². The molecule has 0 saturated heterocycles. The zero-order valence-corrected chi connectivity index (χ0v) is 15.4. The van der Waals surface area contributed by atoms with Crippen molar-refractivity contribution >= 4 is 17.7 Å². The van der Waals surface area contributed by atoms with Gasteiger partial charge in [-0.15, -0.1) is 0 Å². The van der Waals surface area contributed by atoms with Crippen LogP contribution in [0.2, 0.25) is 0 Å². The fourth-order valence-corrected chi connectivity index (χ4v) is 2.42. The second-order valence-corrected chi connectivity index (χ2v) is 6.05. The number of carbonyl (C=O) groups excluding carboxylic acids is 1. The van der Waals surface area contributed by atoms with Gasteiger partial charge in [-0.2, -0.15) is 5.26 Å². The number of nitrogens with one attached hydrogen (secondary N) is 1. The number of hydrogen-bond donors (Lipinski definition) is 1. The van der Waals surface area contributed by atoms with Gasteiger partial charge in [-0.3, -0.25) is 4.79 Å². The average molecular weight is 350 g/mol.